The van der Waals surface area contributed by atoms with Gasteiger partial charge in [0.2, 0.25) is 5.91 Å². The standard InChI is InChI=1S/C13H24N4O3/c18-12(10-16-6-2-14-3-7-16)17-5-1-4-15(8-9-17)11-13(19)20/h14H,1-11H2,(H,19,20). The molecular weight excluding hydrogens is 260 g/mol. The van der Waals surface area contributed by atoms with Gasteiger partial charge in [0, 0.05) is 52.4 Å². The van der Waals surface area contributed by atoms with Crippen molar-refractivity contribution in [3.05, 3.63) is 0 Å². The van der Waals surface area contributed by atoms with Gasteiger partial charge < -0.3 is 15.3 Å². The topological polar surface area (TPSA) is 76.1 Å². The van der Waals surface area contributed by atoms with Gasteiger partial charge in [0.1, 0.15) is 0 Å². The summed E-state index contributed by atoms with van der Waals surface area (Å²) >= 11 is 0. The van der Waals surface area contributed by atoms with Gasteiger partial charge in [-0.15, -0.1) is 0 Å². The smallest absolute Gasteiger partial charge is 0.317 e. The van der Waals surface area contributed by atoms with Crippen LogP contribution in [0.1, 0.15) is 6.42 Å². The van der Waals surface area contributed by atoms with Crippen LogP contribution in [0.2, 0.25) is 0 Å². The number of aliphatic carboxylic acids is 1. The Labute approximate surface area is 119 Å². The molecule has 0 spiro atoms. The summed E-state index contributed by atoms with van der Waals surface area (Å²) in [7, 11) is 0. The van der Waals surface area contributed by atoms with Gasteiger partial charge in [-0.3, -0.25) is 19.4 Å². The average Bonchev–Trinajstić information content (AvgIpc) is 2.65. The molecule has 0 aromatic rings. The Balaban J connectivity index is 1.77. The molecule has 2 rings (SSSR count). The van der Waals surface area contributed by atoms with E-state index in [9.17, 15) is 9.59 Å². The van der Waals surface area contributed by atoms with E-state index in [0.717, 1.165) is 45.7 Å². The lowest BCUT2D eigenvalue weighted by molar-refractivity contribution is -0.138. The summed E-state index contributed by atoms with van der Waals surface area (Å²) in [5.74, 6) is -0.630. The first-order chi connectivity index (χ1) is 9.65. The van der Waals surface area contributed by atoms with Gasteiger partial charge in [-0.25, -0.2) is 0 Å². The molecule has 1 amide bonds. The molecule has 2 heterocycles. The van der Waals surface area contributed by atoms with Crippen molar-refractivity contribution in [1.29, 1.82) is 0 Å². The Morgan fingerprint density at radius 1 is 0.900 bits per heavy atom. The second-order valence-electron chi connectivity index (χ2n) is 5.43. The largest absolute Gasteiger partial charge is 0.480 e. The van der Waals surface area contributed by atoms with Crippen LogP contribution >= 0.6 is 0 Å². The minimum absolute atomic E-state index is 0.0693. The Kier molecular flexibility index (Phi) is 5.75. The monoisotopic (exact) mass is 284 g/mol. The number of piperazine rings is 1. The molecule has 0 radical (unpaired) electrons. The third kappa shape index (κ3) is 4.73. The molecule has 7 nitrogen and oxygen atoms in total. The fourth-order valence-electron chi connectivity index (χ4n) is 2.73. The van der Waals surface area contributed by atoms with Gasteiger partial charge in [0.15, 0.2) is 0 Å². The number of hydrogen-bond donors (Lipinski definition) is 2. The predicted molar refractivity (Wildman–Crippen MR) is 74.6 cm³/mol. The lowest BCUT2D eigenvalue weighted by Crippen LogP contribution is -2.49. The van der Waals surface area contributed by atoms with Crippen LogP contribution in [0.25, 0.3) is 0 Å². The lowest BCUT2D eigenvalue weighted by atomic mass is 10.3. The second-order valence-corrected chi connectivity index (χ2v) is 5.43. The highest BCUT2D eigenvalue weighted by molar-refractivity contribution is 5.78. The zero-order chi connectivity index (χ0) is 14.4. The van der Waals surface area contributed by atoms with Crippen LogP contribution in [0.5, 0.6) is 0 Å². The second kappa shape index (κ2) is 7.56. The molecule has 0 atom stereocenters. The highest BCUT2D eigenvalue weighted by atomic mass is 16.4. The SMILES string of the molecule is O=C(O)CN1CCCN(C(=O)CN2CCNCC2)CC1. The summed E-state index contributed by atoms with van der Waals surface area (Å²) < 4.78 is 0. The van der Waals surface area contributed by atoms with Crippen molar-refractivity contribution >= 4 is 11.9 Å². The van der Waals surface area contributed by atoms with Crippen LogP contribution in [0.15, 0.2) is 0 Å². The van der Waals surface area contributed by atoms with Gasteiger partial charge in [0.25, 0.3) is 0 Å². The van der Waals surface area contributed by atoms with Gasteiger partial charge in [0.05, 0.1) is 13.1 Å². The van der Waals surface area contributed by atoms with E-state index in [1.54, 1.807) is 0 Å². The molecule has 0 unspecified atom stereocenters. The highest BCUT2D eigenvalue weighted by Crippen LogP contribution is 2.04. The number of carbonyl (C=O) groups excluding carboxylic acids is 1. The molecule has 2 aliphatic heterocycles. The van der Waals surface area contributed by atoms with Gasteiger partial charge >= 0.3 is 5.97 Å². The van der Waals surface area contributed by atoms with Gasteiger partial charge in [-0.1, -0.05) is 0 Å². The molecule has 0 aromatic heterocycles. The Hall–Kier alpha value is -1.18. The van der Waals surface area contributed by atoms with Crippen LogP contribution in [0.4, 0.5) is 0 Å². The zero-order valence-corrected chi connectivity index (χ0v) is 11.9. The van der Waals surface area contributed by atoms with Crippen LogP contribution in [0.3, 0.4) is 0 Å². The summed E-state index contributed by atoms with van der Waals surface area (Å²) in [6, 6.07) is 0. The number of nitrogens with one attached hydrogen (secondary N) is 1. The average molecular weight is 284 g/mol. The number of carboxylic acid groups (broad SMARTS) is 1. The molecule has 2 saturated heterocycles. The summed E-state index contributed by atoms with van der Waals surface area (Å²) in [4.78, 5) is 29.0. The maximum Gasteiger partial charge on any atom is 0.317 e. The van der Waals surface area contributed by atoms with E-state index in [0.29, 0.717) is 19.6 Å². The van der Waals surface area contributed by atoms with Crippen molar-refractivity contribution < 1.29 is 14.7 Å². The molecule has 114 valence electrons. The van der Waals surface area contributed by atoms with Crippen LogP contribution < -0.4 is 5.32 Å². The van der Waals surface area contributed by atoms with E-state index in [1.807, 2.05) is 9.80 Å². The molecule has 2 aliphatic rings. The fraction of sp³-hybridized carbons (Fsp3) is 0.846. The number of rotatable bonds is 4. The fourth-order valence-corrected chi connectivity index (χ4v) is 2.73. The Morgan fingerprint density at radius 2 is 1.60 bits per heavy atom. The van der Waals surface area contributed by atoms with Crippen molar-refractivity contribution in [2.45, 2.75) is 6.42 Å². The third-order valence-electron chi connectivity index (χ3n) is 3.87. The molecule has 0 bridgehead atoms. The molecule has 0 aromatic carbocycles. The summed E-state index contributed by atoms with van der Waals surface area (Å²) in [5, 5.41) is 12.1. The molecule has 7 heteroatoms. The zero-order valence-electron chi connectivity index (χ0n) is 11.9. The predicted octanol–water partition coefficient (Wildman–Crippen LogP) is -1.49. The van der Waals surface area contributed by atoms with E-state index in [2.05, 4.69) is 10.2 Å². The lowest BCUT2D eigenvalue weighted by Gasteiger charge is -2.29. The van der Waals surface area contributed by atoms with E-state index in [1.165, 1.54) is 0 Å². The molecule has 0 saturated carbocycles. The highest BCUT2D eigenvalue weighted by Gasteiger charge is 2.22. The first-order valence-corrected chi connectivity index (χ1v) is 7.30. The first kappa shape index (κ1) is 15.2. The van der Waals surface area contributed by atoms with E-state index in [-0.39, 0.29) is 12.5 Å². The maximum atomic E-state index is 12.3. The molecule has 2 N–H and O–H groups in total. The van der Waals surface area contributed by atoms with Crippen LogP contribution in [-0.2, 0) is 9.59 Å². The van der Waals surface area contributed by atoms with Crippen molar-refractivity contribution in [3.8, 4) is 0 Å². The van der Waals surface area contributed by atoms with Crippen LogP contribution in [0, 0.1) is 0 Å². The number of carboxylic acids is 1. The minimum atomic E-state index is -0.800. The number of carbonyl (C=O) groups is 2. The van der Waals surface area contributed by atoms with Crippen molar-refractivity contribution in [3.63, 3.8) is 0 Å². The maximum absolute atomic E-state index is 12.3. The Bertz CT molecular complexity index is 345. The van der Waals surface area contributed by atoms with Gasteiger partial charge in [-0.2, -0.15) is 0 Å². The molecule has 2 fully saturated rings. The third-order valence-corrected chi connectivity index (χ3v) is 3.87. The number of amides is 1. The Morgan fingerprint density at radius 3 is 2.30 bits per heavy atom. The van der Waals surface area contributed by atoms with E-state index >= 15 is 0 Å². The summed E-state index contributed by atoms with van der Waals surface area (Å²) in [6.45, 7) is 7.07. The summed E-state index contributed by atoms with van der Waals surface area (Å²) in [6.07, 6.45) is 0.848. The normalized spacial score (nSPS) is 22.5. The molecular formula is C13H24N4O3. The number of hydrogen-bond acceptors (Lipinski definition) is 5. The minimum Gasteiger partial charge on any atom is -0.480 e. The quantitative estimate of drug-likeness (QED) is 0.655. The van der Waals surface area contributed by atoms with E-state index in [4.69, 9.17) is 5.11 Å². The summed E-state index contributed by atoms with van der Waals surface area (Å²) in [5.41, 5.74) is 0. The van der Waals surface area contributed by atoms with E-state index < -0.39 is 5.97 Å². The van der Waals surface area contributed by atoms with Crippen molar-refractivity contribution in [1.82, 2.24) is 20.0 Å². The number of nitrogens with zero attached hydrogens (tertiary/aromatic N) is 3. The van der Waals surface area contributed by atoms with Crippen molar-refractivity contribution in [2.24, 2.45) is 0 Å². The van der Waals surface area contributed by atoms with Crippen LogP contribution in [-0.4, -0.2) is 97.1 Å². The van der Waals surface area contributed by atoms with Crippen molar-refractivity contribution in [2.75, 3.05) is 65.4 Å². The molecule has 20 heavy (non-hydrogen) atoms. The van der Waals surface area contributed by atoms with Gasteiger partial charge in [-0.05, 0) is 6.42 Å². The molecule has 0 aliphatic carbocycles. The first-order valence-electron chi connectivity index (χ1n) is 7.30.